The summed E-state index contributed by atoms with van der Waals surface area (Å²) in [6.07, 6.45) is 1.39. The van der Waals surface area contributed by atoms with Gasteiger partial charge in [0.15, 0.2) is 6.61 Å². The van der Waals surface area contributed by atoms with Crippen LogP contribution in [0.25, 0.3) is 0 Å². The van der Waals surface area contributed by atoms with Gasteiger partial charge in [0.05, 0.1) is 11.8 Å². The molecule has 1 N–H and O–H groups in total. The average Bonchev–Trinajstić information content (AvgIpc) is 2.75. The normalized spacial score (nSPS) is 10.7. The lowest BCUT2D eigenvalue weighted by Gasteiger charge is -2.08. The molecular formula is C23H18BrClN2O4. The molecule has 0 radical (unpaired) electrons. The van der Waals surface area contributed by atoms with E-state index in [-0.39, 0.29) is 12.4 Å². The van der Waals surface area contributed by atoms with E-state index in [9.17, 15) is 9.59 Å². The number of ether oxygens (including phenoxy) is 2. The first-order valence-electron chi connectivity index (χ1n) is 9.19. The molecule has 0 aliphatic carbocycles. The number of hydrazone groups is 1. The van der Waals surface area contributed by atoms with E-state index >= 15 is 0 Å². The number of rotatable bonds is 7. The zero-order valence-electron chi connectivity index (χ0n) is 16.5. The van der Waals surface area contributed by atoms with Gasteiger partial charge in [-0.2, -0.15) is 5.10 Å². The van der Waals surface area contributed by atoms with Gasteiger partial charge < -0.3 is 9.47 Å². The van der Waals surface area contributed by atoms with Crippen molar-refractivity contribution in [2.75, 3.05) is 6.61 Å². The van der Waals surface area contributed by atoms with Crippen LogP contribution in [0.5, 0.6) is 11.5 Å². The predicted octanol–water partition coefficient (Wildman–Crippen LogP) is 5.16. The Balaban J connectivity index is 1.61. The third-order valence-corrected chi connectivity index (χ3v) is 4.78. The molecular weight excluding hydrogens is 484 g/mol. The molecule has 0 fully saturated rings. The highest BCUT2D eigenvalue weighted by atomic mass is 79.9. The van der Waals surface area contributed by atoms with Crippen LogP contribution < -0.4 is 14.9 Å². The smallest absolute Gasteiger partial charge is 0.343 e. The summed E-state index contributed by atoms with van der Waals surface area (Å²) in [4.78, 5) is 24.3. The molecule has 0 bridgehead atoms. The number of benzene rings is 3. The molecule has 0 saturated carbocycles. The van der Waals surface area contributed by atoms with Gasteiger partial charge in [-0.3, -0.25) is 4.79 Å². The monoisotopic (exact) mass is 500 g/mol. The average molecular weight is 502 g/mol. The zero-order valence-corrected chi connectivity index (χ0v) is 18.8. The summed E-state index contributed by atoms with van der Waals surface area (Å²) in [5.74, 6) is -0.0825. The summed E-state index contributed by atoms with van der Waals surface area (Å²) in [6.45, 7) is 1.78. The van der Waals surface area contributed by atoms with Crippen molar-refractivity contribution in [1.82, 2.24) is 5.43 Å². The number of carbonyl (C=O) groups is 2. The minimum Gasteiger partial charge on any atom is -0.484 e. The van der Waals surface area contributed by atoms with Crippen LogP contribution in [0.2, 0.25) is 5.02 Å². The highest BCUT2D eigenvalue weighted by molar-refractivity contribution is 9.10. The maximum Gasteiger partial charge on any atom is 0.343 e. The molecule has 0 heterocycles. The van der Waals surface area contributed by atoms with Gasteiger partial charge in [-0.1, -0.05) is 45.2 Å². The number of esters is 1. The van der Waals surface area contributed by atoms with E-state index in [1.807, 2.05) is 19.1 Å². The molecule has 3 aromatic rings. The number of amides is 1. The minimum absolute atomic E-state index is 0.183. The Morgan fingerprint density at radius 2 is 1.77 bits per heavy atom. The van der Waals surface area contributed by atoms with Crippen LogP contribution in [0.1, 0.15) is 21.5 Å². The Kier molecular flexibility index (Phi) is 7.81. The molecule has 8 heteroatoms. The fourth-order valence-corrected chi connectivity index (χ4v) is 2.95. The Labute approximate surface area is 193 Å². The largest absolute Gasteiger partial charge is 0.484 e. The first-order chi connectivity index (χ1) is 14.9. The number of hydrogen-bond acceptors (Lipinski definition) is 5. The molecule has 0 aliphatic heterocycles. The lowest BCUT2D eigenvalue weighted by molar-refractivity contribution is -0.123. The van der Waals surface area contributed by atoms with Crippen LogP contribution in [-0.4, -0.2) is 24.7 Å². The van der Waals surface area contributed by atoms with E-state index < -0.39 is 11.9 Å². The molecule has 158 valence electrons. The third kappa shape index (κ3) is 6.94. The van der Waals surface area contributed by atoms with Crippen molar-refractivity contribution in [2.45, 2.75) is 6.92 Å². The van der Waals surface area contributed by atoms with E-state index in [2.05, 4.69) is 26.5 Å². The summed E-state index contributed by atoms with van der Waals surface area (Å²) in [5, 5.41) is 4.45. The first kappa shape index (κ1) is 22.5. The number of nitrogens with zero attached hydrogens (tertiary/aromatic N) is 1. The topological polar surface area (TPSA) is 77.0 Å². The van der Waals surface area contributed by atoms with Gasteiger partial charge in [0.2, 0.25) is 0 Å². The van der Waals surface area contributed by atoms with Crippen LogP contribution in [-0.2, 0) is 4.79 Å². The van der Waals surface area contributed by atoms with Gasteiger partial charge in [-0.25, -0.2) is 10.2 Å². The van der Waals surface area contributed by atoms with Crippen molar-refractivity contribution in [2.24, 2.45) is 5.10 Å². The Bertz CT molecular complexity index is 1100. The minimum atomic E-state index is -0.538. The van der Waals surface area contributed by atoms with Crippen LogP contribution >= 0.6 is 27.5 Å². The predicted molar refractivity (Wildman–Crippen MR) is 123 cm³/mol. The van der Waals surface area contributed by atoms with Crippen LogP contribution in [0.3, 0.4) is 0 Å². The maximum atomic E-state index is 12.4. The molecule has 0 saturated heterocycles. The molecule has 3 aromatic carbocycles. The number of nitrogens with one attached hydrogen (secondary N) is 1. The van der Waals surface area contributed by atoms with E-state index in [0.29, 0.717) is 21.9 Å². The Morgan fingerprint density at radius 1 is 1.06 bits per heavy atom. The lowest BCUT2D eigenvalue weighted by atomic mass is 10.2. The van der Waals surface area contributed by atoms with E-state index in [4.69, 9.17) is 21.1 Å². The molecule has 0 atom stereocenters. The zero-order chi connectivity index (χ0) is 22.2. The van der Waals surface area contributed by atoms with Crippen LogP contribution in [0.4, 0.5) is 0 Å². The molecule has 31 heavy (non-hydrogen) atoms. The van der Waals surface area contributed by atoms with Gasteiger partial charge in [0, 0.05) is 15.1 Å². The van der Waals surface area contributed by atoms with Crippen molar-refractivity contribution < 1.29 is 19.1 Å². The summed E-state index contributed by atoms with van der Waals surface area (Å²) in [7, 11) is 0. The Hall–Kier alpha value is -3.16. The summed E-state index contributed by atoms with van der Waals surface area (Å²) >= 11 is 9.22. The van der Waals surface area contributed by atoms with Gasteiger partial charge in [-0.05, 0) is 61.5 Å². The SMILES string of the molecule is Cc1ccc(OCC(=O)N/N=C\c2cc(Br)ccc2OC(=O)c2ccc(Cl)cc2)cc1. The molecule has 1 amide bonds. The Morgan fingerprint density at radius 3 is 2.48 bits per heavy atom. The first-order valence-corrected chi connectivity index (χ1v) is 10.4. The van der Waals surface area contributed by atoms with Crippen LogP contribution in [0, 0.1) is 6.92 Å². The number of hydrogen-bond donors (Lipinski definition) is 1. The molecule has 0 spiro atoms. The van der Waals surface area contributed by atoms with Crippen molar-refractivity contribution in [3.8, 4) is 11.5 Å². The number of carbonyl (C=O) groups excluding carboxylic acids is 2. The summed E-state index contributed by atoms with van der Waals surface area (Å²) < 4.78 is 11.6. The molecule has 3 rings (SSSR count). The number of aryl methyl sites for hydroxylation is 1. The highest BCUT2D eigenvalue weighted by Gasteiger charge is 2.12. The second-order valence-electron chi connectivity index (χ2n) is 6.47. The lowest BCUT2D eigenvalue weighted by Crippen LogP contribution is -2.24. The molecule has 0 aromatic heterocycles. The van der Waals surface area contributed by atoms with Gasteiger partial charge in [0.25, 0.3) is 5.91 Å². The third-order valence-electron chi connectivity index (χ3n) is 4.04. The van der Waals surface area contributed by atoms with Crippen LogP contribution in [0.15, 0.2) is 76.3 Å². The van der Waals surface area contributed by atoms with Crippen molar-refractivity contribution in [3.63, 3.8) is 0 Å². The van der Waals surface area contributed by atoms with Gasteiger partial charge in [-0.15, -0.1) is 0 Å². The van der Waals surface area contributed by atoms with E-state index in [0.717, 1.165) is 10.0 Å². The van der Waals surface area contributed by atoms with Crippen molar-refractivity contribution in [1.29, 1.82) is 0 Å². The fraction of sp³-hybridized carbons (Fsp3) is 0.0870. The van der Waals surface area contributed by atoms with Gasteiger partial charge in [0.1, 0.15) is 11.5 Å². The highest BCUT2D eigenvalue weighted by Crippen LogP contribution is 2.23. The quantitative estimate of drug-likeness (QED) is 0.210. The second kappa shape index (κ2) is 10.7. The maximum absolute atomic E-state index is 12.4. The summed E-state index contributed by atoms with van der Waals surface area (Å²) in [5.41, 5.74) is 4.34. The number of halogens is 2. The molecule has 0 aliphatic rings. The second-order valence-corrected chi connectivity index (χ2v) is 7.83. The fourth-order valence-electron chi connectivity index (χ4n) is 2.45. The molecule has 0 unspecified atom stereocenters. The van der Waals surface area contributed by atoms with E-state index in [1.54, 1.807) is 54.6 Å². The molecule has 6 nitrogen and oxygen atoms in total. The summed E-state index contributed by atoms with van der Waals surface area (Å²) in [6, 6.07) is 18.8. The standard InChI is InChI=1S/C23H18BrClN2O4/c1-15-2-9-20(10-3-15)30-14-22(28)27-26-13-17-12-18(24)6-11-21(17)31-23(29)16-4-7-19(25)8-5-16/h2-13H,14H2,1H3,(H,27,28)/b26-13-. The van der Waals surface area contributed by atoms with E-state index in [1.165, 1.54) is 6.21 Å². The van der Waals surface area contributed by atoms with Crippen molar-refractivity contribution >= 4 is 45.6 Å². The van der Waals surface area contributed by atoms with Gasteiger partial charge >= 0.3 is 5.97 Å². The van der Waals surface area contributed by atoms with Crippen molar-refractivity contribution in [3.05, 3.63) is 92.9 Å².